The highest BCUT2D eigenvalue weighted by Crippen LogP contribution is 2.33. The number of ketones is 1. The predicted octanol–water partition coefficient (Wildman–Crippen LogP) is 1.69. The molecule has 1 aromatic rings. The Morgan fingerprint density at radius 1 is 1.31 bits per heavy atom. The lowest BCUT2D eigenvalue weighted by Gasteiger charge is -1.98. The normalized spacial score (nSPS) is 14.3. The molecule has 1 heterocycles. The van der Waals surface area contributed by atoms with Crippen molar-refractivity contribution in [3.8, 4) is 5.75 Å². The van der Waals surface area contributed by atoms with Gasteiger partial charge in [-0.1, -0.05) is 0 Å². The number of carbonyl (C=O) groups excluding carboxylic acids is 2. The minimum atomic E-state index is -1.04. The first-order valence-electron chi connectivity index (χ1n) is 3.36. The number of halogens is 2. The van der Waals surface area contributed by atoms with Crippen LogP contribution in [0.15, 0.2) is 16.6 Å². The van der Waals surface area contributed by atoms with Crippen LogP contribution in [0.5, 0.6) is 5.75 Å². The molecule has 1 aliphatic rings. The number of rotatable bonds is 0. The van der Waals surface area contributed by atoms with E-state index >= 15 is 0 Å². The van der Waals surface area contributed by atoms with Gasteiger partial charge in [-0.2, -0.15) is 0 Å². The number of hydrogen-bond donors (Lipinski definition) is 0. The number of esters is 1. The van der Waals surface area contributed by atoms with Gasteiger partial charge in [-0.05, 0) is 28.1 Å². The molecule has 0 saturated heterocycles. The van der Waals surface area contributed by atoms with E-state index in [1.165, 1.54) is 12.1 Å². The highest BCUT2D eigenvalue weighted by atomic mass is 79.9. The van der Waals surface area contributed by atoms with Crippen molar-refractivity contribution < 1.29 is 18.7 Å². The standard InChI is InChI=1S/C8H2BrFO3/c9-4-2-1-3-6(11)8(12)13-7(3)5(4)10/h1-2H. The molecule has 0 fully saturated rings. The van der Waals surface area contributed by atoms with E-state index in [4.69, 9.17) is 0 Å². The number of fused-ring (bicyclic) bond motifs is 1. The van der Waals surface area contributed by atoms with Crippen molar-refractivity contribution in [1.82, 2.24) is 0 Å². The van der Waals surface area contributed by atoms with Crippen LogP contribution >= 0.6 is 15.9 Å². The SMILES string of the molecule is O=C1Oc2c(ccc(Br)c2F)C1=O. The topological polar surface area (TPSA) is 43.4 Å². The average molecular weight is 245 g/mol. The molecule has 13 heavy (non-hydrogen) atoms. The molecule has 1 aromatic carbocycles. The van der Waals surface area contributed by atoms with Gasteiger partial charge < -0.3 is 4.74 Å². The van der Waals surface area contributed by atoms with Crippen LogP contribution in [0.2, 0.25) is 0 Å². The summed E-state index contributed by atoms with van der Waals surface area (Å²) >= 11 is 2.91. The molecule has 0 N–H and O–H groups in total. The molecule has 0 saturated carbocycles. The van der Waals surface area contributed by atoms with E-state index in [1.807, 2.05) is 0 Å². The van der Waals surface area contributed by atoms with E-state index in [-0.39, 0.29) is 15.8 Å². The Bertz CT molecular complexity index is 428. The second-order valence-corrected chi connectivity index (χ2v) is 3.31. The van der Waals surface area contributed by atoms with Crippen molar-refractivity contribution in [2.75, 3.05) is 0 Å². The molecule has 3 nitrogen and oxygen atoms in total. The summed E-state index contributed by atoms with van der Waals surface area (Å²) in [5, 5.41) is 0. The third kappa shape index (κ3) is 1.07. The Morgan fingerprint density at radius 3 is 2.69 bits per heavy atom. The molecule has 0 unspecified atom stereocenters. The van der Waals surface area contributed by atoms with Crippen LogP contribution in [0, 0.1) is 5.82 Å². The van der Waals surface area contributed by atoms with Gasteiger partial charge >= 0.3 is 5.97 Å². The van der Waals surface area contributed by atoms with Gasteiger partial charge in [0.15, 0.2) is 11.6 Å². The Hall–Kier alpha value is -1.23. The number of hydrogen-bond acceptors (Lipinski definition) is 3. The molecule has 0 spiro atoms. The molecule has 0 aromatic heterocycles. The Morgan fingerprint density at radius 2 is 2.00 bits per heavy atom. The molecule has 0 amide bonds. The van der Waals surface area contributed by atoms with Crippen LogP contribution in [-0.2, 0) is 4.79 Å². The van der Waals surface area contributed by atoms with Crippen molar-refractivity contribution in [2.45, 2.75) is 0 Å². The summed E-state index contributed by atoms with van der Waals surface area (Å²) in [5.74, 6) is -2.85. The fraction of sp³-hybridized carbons (Fsp3) is 0. The largest absolute Gasteiger partial charge is 0.417 e. The second kappa shape index (κ2) is 2.63. The fourth-order valence-corrected chi connectivity index (χ4v) is 1.37. The summed E-state index contributed by atoms with van der Waals surface area (Å²) in [5.41, 5.74) is -0.0225. The Balaban J connectivity index is 2.70. The summed E-state index contributed by atoms with van der Waals surface area (Å²) in [4.78, 5) is 21.7. The third-order valence-corrected chi connectivity index (χ3v) is 2.29. The fourth-order valence-electron chi connectivity index (χ4n) is 1.06. The van der Waals surface area contributed by atoms with Gasteiger partial charge in [0.2, 0.25) is 0 Å². The van der Waals surface area contributed by atoms with Crippen molar-refractivity contribution in [1.29, 1.82) is 0 Å². The molecule has 1 aliphatic heterocycles. The first-order chi connectivity index (χ1) is 6.11. The zero-order chi connectivity index (χ0) is 9.59. The third-order valence-electron chi connectivity index (χ3n) is 1.67. The molecule has 0 aliphatic carbocycles. The summed E-state index contributed by atoms with van der Waals surface area (Å²) in [6, 6.07) is 2.70. The first-order valence-corrected chi connectivity index (χ1v) is 4.15. The van der Waals surface area contributed by atoms with E-state index in [0.29, 0.717) is 0 Å². The van der Waals surface area contributed by atoms with Crippen LogP contribution in [0.4, 0.5) is 4.39 Å². The van der Waals surface area contributed by atoms with Crippen LogP contribution in [0.3, 0.4) is 0 Å². The highest BCUT2D eigenvalue weighted by molar-refractivity contribution is 9.10. The monoisotopic (exact) mass is 244 g/mol. The molecular weight excluding hydrogens is 243 g/mol. The quantitative estimate of drug-likeness (QED) is 0.397. The summed E-state index contributed by atoms with van der Waals surface area (Å²) in [6.07, 6.45) is 0. The van der Waals surface area contributed by atoms with E-state index in [0.717, 1.165) is 0 Å². The summed E-state index contributed by atoms with van der Waals surface area (Å²) in [7, 11) is 0. The second-order valence-electron chi connectivity index (χ2n) is 2.46. The molecule has 0 radical (unpaired) electrons. The number of benzene rings is 1. The maximum Gasteiger partial charge on any atom is 0.385 e. The number of ether oxygens (including phenoxy) is 1. The maximum atomic E-state index is 13.2. The molecule has 2 rings (SSSR count). The first kappa shape index (κ1) is 8.37. The lowest BCUT2D eigenvalue weighted by Crippen LogP contribution is -2.10. The smallest absolute Gasteiger partial charge is 0.385 e. The lowest BCUT2D eigenvalue weighted by atomic mass is 10.1. The van der Waals surface area contributed by atoms with E-state index < -0.39 is 17.6 Å². The van der Waals surface area contributed by atoms with E-state index in [9.17, 15) is 14.0 Å². The maximum absolute atomic E-state index is 13.2. The zero-order valence-electron chi connectivity index (χ0n) is 6.14. The van der Waals surface area contributed by atoms with Crippen molar-refractivity contribution in [2.24, 2.45) is 0 Å². The highest BCUT2D eigenvalue weighted by Gasteiger charge is 2.33. The molecular formula is C8H2BrFO3. The molecule has 66 valence electrons. The van der Waals surface area contributed by atoms with Crippen molar-refractivity contribution in [3.63, 3.8) is 0 Å². The average Bonchev–Trinajstić information content (AvgIpc) is 2.38. The van der Waals surface area contributed by atoms with Gasteiger partial charge in [-0.25, -0.2) is 9.18 Å². The molecule has 0 bridgehead atoms. The predicted molar refractivity (Wildman–Crippen MR) is 44.1 cm³/mol. The Labute approximate surface area is 80.6 Å². The minimum absolute atomic E-state index is 0.0225. The van der Waals surface area contributed by atoms with E-state index in [1.54, 1.807) is 0 Å². The number of Topliss-reactive ketones (excluding diaryl/α,β-unsaturated/α-hetero) is 1. The van der Waals surface area contributed by atoms with Gasteiger partial charge in [-0.15, -0.1) is 0 Å². The van der Waals surface area contributed by atoms with Crippen LogP contribution < -0.4 is 4.74 Å². The van der Waals surface area contributed by atoms with Gasteiger partial charge in [0.05, 0.1) is 10.0 Å². The van der Waals surface area contributed by atoms with Crippen LogP contribution in [0.25, 0.3) is 0 Å². The Kier molecular flexibility index (Phi) is 1.69. The van der Waals surface area contributed by atoms with Crippen LogP contribution in [-0.4, -0.2) is 11.8 Å². The van der Waals surface area contributed by atoms with Crippen molar-refractivity contribution in [3.05, 3.63) is 28.0 Å². The number of carbonyl (C=O) groups is 2. The van der Waals surface area contributed by atoms with Gasteiger partial charge in [0, 0.05) is 0 Å². The minimum Gasteiger partial charge on any atom is -0.417 e. The van der Waals surface area contributed by atoms with Crippen molar-refractivity contribution >= 4 is 27.7 Å². The van der Waals surface area contributed by atoms with Gasteiger partial charge in [-0.3, -0.25) is 4.79 Å². The zero-order valence-corrected chi connectivity index (χ0v) is 7.72. The van der Waals surface area contributed by atoms with Gasteiger partial charge in [0.25, 0.3) is 5.78 Å². The summed E-state index contributed by atoms with van der Waals surface area (Å²) in [6.45, 7) is 0. The van der Waals surface area contributed by atoms with Gasteiger partial charge in [0.1, 0.15) is 0 Å². The molecule has 0 atom stereocenters. The van der Waals surface area contributed by atoms with E-state index in [2.05, 4.69) is 20.7 Å². The molecule has 5 heteroatoms. The van der Waals surface area contributed by atoms with Crippen LogP contribution in [0.1, 0.15) is 10.4 Å². The summed E-state index contributed by atoms with van der Waals surface area (Å²) < 4.78 is 17.8. The lowest BCUT2D eigenvalue weighted by molar-refractivity contribution is -0.128.